The van der Waals surface area contributed by atoms with Crippen molar-refractivity contribution in [1.82, 2.24) is 5.32 Å². The Labute approximate surface area is 168 Å². The molecule has 9 heteroatoms. The van der Waals surface area contributed by atoms with Crippen LogP contribution in [0.4, 0.5) is 0 Å². The molecule has 7 nitrogen and oxygen atoms in total. The number of unbranched alkanes of at least 4 members (excludes halogenated alkanes) is 1. The van der Waals surface area contributed by atoms with Crippen molar-refractivity contribution in [2.45, 2.75) is 82.7 Å². The van der Waals surface area contributed by atoms with E-state index >= 15 is 0 Å². The number of ether oxygens (including phenoxy) is 2. The van der Waals surface area contributed by atoms with E-state index in [0.29, 0.717) is 11.7 Å². The maximum atomic E-state index is 12.1. The van der Waals surface area contributed by atoms with Gasteiger partial charge in [-0.2, -0.15) is 0 Å². The molecule has 27 heavy (non-hydrogen) atoms. The average Bonchev–Trinajstić information content (AvgIpc) is 3.08. The smallest absolute Gasteiger partial charge is 0.305 e. The zero-order chi connectivity index (χ0) is 20.1. The van der Waals surface area contributed by atoms with Crippen molar-refractivity contribution >= 4 is 33.5 Å². The first kappa shape index (κ1) is 22.8. The van der Waals surface area contributed by atoms with Crippen molar-refractivity contribution in [3.05, 3.63) is 0 Å². The lowest BCUT2D eigenvalue weighted by molar-refractivity contribution is -0.316. The molecule has 0 aromatic heterocycles. The summed E-state index contributed by atoms with van der Waals surface area (Å²) in [6.07, 6.45) is 2.83. The molecule has 0 spiro atoms. The monoisotopic (exact) mass is 421 g/mol. The third kappa shape index (κ3) is 7.45. The number of amides is 1. The van der Waals surface area contributed by atoms with E-state index in [9.17, 15) is 19.8 Å². The number of carbonyl (C=O) groups excluding carboxylic acids is 2. The molecule has 2 saturated heterocycles. The first-order chi connectivity index (χ1) is 12.6. The van der Waals surface area contributed by atoms with Crippen molar-refractivity contribution < 1.29 is 29.3 Å². The van der Waals surface area contributed by atoms with Crippen LogP contribution in [0.3, 0.4) is 0 Å². The van der Waals surface area contributed by atoms with Gasteiger partial charge in [0.15, 0.2) is 5.79 Å². The molecule has 2 unspecified atom stereocenters. The number of rotatable bonds is 10. The molecule has 2 heterocycles. The van der Waals surface area contributed by atoms with Crippen LogP contribution in [0.2, 0.25) is 0 Å². The van der Waals surface area contributed by atoms with E-state index in [1.807, 2.05) is 21.6 Å². The van der Waals surface area contributed by atoms with E-state index in [2.05, 4.69) is 5.32 Å². The highest BCUT2D eigenvalue weighted by molar-refractivity contribution is 8.77. The van der Waals surface area contributed by atoms with Gasteiger partial charge >= 0.3 is 5.97 Å². The molecule has 2 fully saturated rings. The Bertz CT molecular complexity index is 514. The van der Waals surface area contributed by atoms with Crippen molar-refractivity contribution in [2.24, 2.45) is 5.41 Å². The Morgan fingerprint density at radius 1 is 1.41 bits per heavy atom. The van der Waals surface area contributed by atoms with E-state index in [0.717, 1.165) is 19.3 Å². The Morgan fingerprint density at radius 2 is 2.11 bits per heavy atom. The second kappa shape index (κ2) is 9.82. The second-order valence-electron chi connectivity index (χ2n) is 8.12. The minimum absolute atomic E-state index is 0.0429. The van der Waals surface area contributed by atoms with Crippen molar-refractivity contribution in [1.29, 1.82) is 0 Å². The molecule has 3 N–H and O–H groups in total. The number of aliphatic hydroxyl groups is 2. The molecule has 0 aliphatic carbocycles. The molecule has 1 amide bonds. The predicted octanol–water partition coefficient (Wildman–Crippen LogP) is 2.20. The van der Waals surface area contributed by atoms with Crippen LogP contribution in [0.15, 0.2) is 0 Å². The van der Waals surface area contributed by atoms with Crippen LogP contribution in [-0.2, 0) is 19.1 Å². The molecule has 0 aromatic rings. The average molecular weight is 422 g/mol. The largest absolute Gasteiger partial charge is 0.465 e. The molecule has 0 bridgehead atoms. The second-order valence-corrected chi connectivity index (χ2v) is 10.9. The van der Waals surface area contributed by atoms with Crippen LogP contribution in [0, 0.1) is 5.41 Å². The fourth-order valence-electron chi connectivity index (χ4n) is 2.94. The van der Waals surface area contributed by atoms with Crippen molar-refractivity contribution in [3.8, 4) is 0 Å². The van der Waals surface area contributed by atoms with Crippen LogP contribution in [0.5, 0.6) is 0 Å². The third-order valence-electron chi connectivity index (χ3n) is 4.74. The Morgan fingerprint density at radius 3 is 2.70 bits per heavy atom. The summed E-state index contributed by atoms with van der Waals surface area (Å²) in [4.78, 5) is 24.0. The maximum absolute atomic E-state index is 12.1. The molecule has 2 aliphatic rings. The van der Waals surface area contributed by atoms with Gasteiger partial charge in [0.05, 0.1) is 6.61 Å². The molecular formula is C18H31NO6S2. The first-order valence-corrected chi connectivity index (χ1v) is 11.8. The van der Waals surface area contributed by atoms with Gasteiger partial charge in [-0.15, -0.1) is 0 Å². The summed E-state index contributed by atoms with van der Waals surface area (Å²) in [5.74, 6) is -0.927. The normalized spacial score (nSPS) is 29.1. The van der Waals surface area contributed by atoms with Gasteiger partial charge in [-0.3, -0.25) is 9.59 Å². The summed E-state index contributed by atoms with van der Waals surface area (Å²) in [5.41, 5.74) is -0.927. The van der Waals surface area contributed by atoms with Crippen LogP contribution in [-0.4, -0.2) is 57.8 Å². The van der Waals surface area contributed by atoms with E-state index in [-0.39, 0.29) is 19.0 Å². The topological polar surface area (TPSA) is 105 Å². The highest BCUT2D eigenvalue weighted by atomic mass is 33.1. The number of hydrogen-bond acceptors (Lipinski definition) is 8. The van der Waals surface area contributed by atoms with E-state index in [1.165, 1.54) is 19.1 Å². The summed E-state index contributed by atoms with van der Waals surface area (Å²) in [6, 6.07) is 0. The van der Waals surface area contributed by atoms with Crippen molar-refractivity contribution in [2.75, 3.05) is 12.4 Å². The Kier molecular flexibility index (Phi) is 8.30. The van der Waals surface area contributed by atoms with E-state index < -0.39 is 29.4 Å². The van der Waals surface area contributed by atoms with Gasteiger partial charge in [0.1, 0.15) is 12.3 Å². The lowest BCUT2D eigenvalue weighted by Gasteiger charge is -2.42. The van der Waals surface area contributed by atoms with Gasteiger partial charge in [-0.1, -0.05) is 41.9 Å². The zero-order valence-corrected chi connectivity index (χ0v) is 17.9. The number of hydrogen-bond donors (Lipinski definition) is 3. The predicted molar refractivity (Wildman–Crippen MR) is 106 cm³/mol. The molecule has 0 radical (unpaired) electrons. The number of esters is 1. The summed E-state index contributed by atoms with van der Waals surface area (Å²) in [5, 5.41) is 23.0. The molecule has 2 rings (SSSR count). The lowest BCUT2D eigenvalue weighted by atomic mass is 9.86. The summed E-state index contributed by atoms with van der Waals surface area (Å²) >= 11 is 0. The van der Waals surface area contributed by atoms with Gasteiger partial charge in [-0.05, 0) is 26.2 Å². The Hall–Kier alpha value is -0.480. The van der Waals surface area contributed by atoms with Crippen LogP contribution in [0.1, 0.15) is 59.3 Å². The fourth-order valence-corrected chi connectivity index (χ4v) is 5.96. The summed E-state index contributed by atoms with van der Waals surface area (Å²) < 4.78 is 10.3. The van der Waals surface area contributed by atoms with Gasteiger partial charge in [0.2, 0.25) is 0 Å². The van der Waals surface area contributed by atoms with Gasteiger partial charge in [0, 0.05) is 29.3 Å². The standard InChI is InChI=1S/C18H31NO6S2/c1-17(2,15(21)16(22)19-13-10-18(3,23)25-13)11-24-14(20)7-5-4-6-12-8-9-26-27-12/h12-13,15,21,23H,4-11H2,1-3H3,(H,19,22)/t12-,13?,15+,18?/m1/s1. The molecule has 0 saturated carbocycles. The third-order valence-corrected chi connectivity index (χ3v) is 7.75. The lowest BCUT2D eigenvalue weighted by Crippen LogP contribution is -2.59. The summed E-state index contributed by atoms with van der Waals surface area (Å²) in [6.45, 7) is 4.79. The maximum Gasteiger partial charge on any atom is 0.305 e. The zero-order valence-electron chi connectivity index (χ0n) is 16.2. The highest BCUT2D eigenvalue weighted by Crippen LogP contribution is 2.39. The van der Waals surface area contributed by atoms with Crippen LogP contribution < -0.4 is 5.32 Å². The number of aliphatic hydroxyl groups excluding tert-OH is 1. The van der Waals surface area contributed by atoms with Gasteiger partial charge in [-0.25, -0.2) is 0 Å². The van der Waals surface area contributed by atoms with Gasteiger partial charge < -0.3 is 25.0 Å². The number of nitrogens with one attached hydrogen (secondary N) is 1. The summed E-state index contributed by atoms with van der Waals surface area (Å²) in [7, 11) is 3.86. The van der Waals surface area contributed by atoms with Crippen LogP contribution in [0.25, 0.3) is 0 Å². The molecule has 4 atom stereocenters. The minimum Gasteiger partial charge on any atom is -0.465 e. The highest BCUT2D eigenvalue weighted by Gasteiger charge is 2.43. The quantitative estimate of drug-likeness (QED) is 0.280. The van der Waals surface area contributed by atoms with Crippen molar-refractivity contribution in [3.63, 3.8) is 0 Å². The van der Waals surface area contributed by atoms with E-state index in [1.54, 1.807) is 13.8 Å². The number of carbonyl (C=O) groups is 2. The van der Waals surface area contributed by atoms with E-state index in [4.69, 9.17) is 9.47 Å². The minimum atomic E-state index is -1.35. The molecular weight excluding hydrogens is 390 g/mol. The Balaban J connectivity index is 1.61. The van der Waals surface area contributed by atoms with Crippen LogP contribution >= 0.6 is 21.6 Å². The van der Waals surface area contributed by atoms with Gasteiger partial charge in [0.25, 0.3) is 5.91 Å². The first-order valence-electron chi connectivity index (χ1n) is 9.42. The molecule has 0 aromatic carbocycles. The SMILES string of the molecule is CC1(O)CC(NC(=O)[C@H](O)C(C)(C)COC(=O)CCCC[C@@H]2CCSS2)O1. The molecule has 156 valence electrons. The molecule has 2 aliphatic heterocycles. The fraction of sp³-hybridized carbons (Fsp3) is 0.889.